The number of nitrogens with zero attached hydrogens (tertiary/aromatic N) is 2. The van der Waals surface area contributed by atoms with Crippen LogP contribution in [-0.2, 0) is 0 Å². The van der Waals surface area contributed by atoms with Gasteiger partial charge in [-0.2, -0.15) is 0 Å². The van der Waals surface area contributed by atoms with Gasteiger partial charge >= 0.3 is 0 Å². The van der Waals surface area contributed by atoms with E-state index in [-0.39, 0.29) is 16.2 Å². The van der Waals surface area contributed by atoms with Gasteiger partial charge in [-0.15, -0.1) is 0 Å². The zero-order chi connectivity index (χ0) is 18.0. The van der Waals surface area contributed by atoms with Gasteiger partial charge in [-0.1, -0.05) is 12.2 Å². The summed E-state index contributed by atoms with van der Waals surface area (Å²) in [5.41, 5.74) is 7.42. The molecule has 8 heteroatoms. The van der Waals surface area contributed by atoms with Crippen LogP contribution in [0.3, 0.4) is 0 Å². The highest BCUT2D eigenvalue weighted by atomic mass is 32.1. The van der Waals surface area contributed by atoms with E-state index in [1.165, 1.54) is 18.2 Å². The molecule has 0 radical (unpaired) electrons. The van der Waals surface area contributed by atoms with Crippen LogP contribution in [0.2, 0.25) is 0 Å². The number of nitrogens with two attached hydrogens (primary N) is 1. The van der Waals surface area contributed by atoms with Crippen molar-refractivity contribution in [2.75, 3.05) is 7.11 Å². The molecule has 0 unspecified atom stereocenters. The topological polar surface area (TPSA) is 104 Å². The van der Waals surface area contributed by atoms with Crippen molar-refractivity contribution in [3.8, 4) is 5.75 Å². The molecule has 2 aromatic carbocycles. The Kier molecular flexibility index (Phi) is 4.44. The van der Waals surface area contributed by atoms with Gasteiger partial charge in [-0.25, -0.2) is 4.99 Å². The summed E-state index contributed by atoms with van der Waals surface area (Å²) in [6, 6.07) is 13.0. The Labute approximate surface area is 147 Å². The van der Waals surface area contributed by atoms with E-state index in [1.807, 2.05) is 0 Å². The van der Waals surface area contributed by atoms with Gasteiger partial charge in [0.2, 0.25) is 5.55 Å². The molecule has 7 nitrogen and oxygen atoms in total. The number of nitro benzene ring substituents is 1. The molecule has 0 amide bonds. The van der Waals surface area contributed by atoms with Crippen molar-refractivity contribution in [1.29, 1.82) is 0 Å². The average molecular weight is 355 g/mol. The third-order valence-corrected chi connectivity index (χ3v) is 3.73. The van der Waals surface area contributed by atoms with Gasteiger partial charge in [0.25, 0.3) is 5.69 Å². The monoisotopic (exact) mass is 355 g/mol. The lowest BCUT2D eigenvalue weighted by Crippen LogP contribution is -2.20. The quantitative estimate of drug-likeness (QED) is 0.438. The number of rotatable bonds is 4. The van der Waals surface area contributed by atoms with Crippen LogP contribution in [-0.4, -0.2) is 17.0 Å². The number of nitro groups is 1. The molecule has 0 bridgehead atoms. The maximum Gasteiger partial charge on any atom is 0.270 e. The molecular formula is C17H13N3O4S. The molecule has 3 aromatic rings. The molecule has 0 atom stereocenters. The van der Waals surface area contributed by atoms with Crippen molar-refractivity contribution in [3.05, 3.63) is 69.8 Å². The lowest BCUT2D eigenvalue weighted by atomic mass is 10.1. The second-order valence-electron chi connectivity index (χ2n) is 5.12. The largest absolute Gasteiger partial charge is 0.497 e. The summed E-state index contributed by atoms with van der Waals surface area (Å²) in [6.07, 6.45) is 0. The van der Waals surface area contributed by atoms with Crippen molar-refractivity contribution < 1.29 is 14.1 Å². The Bertz CT molecular complexity index is 1040. The molecule has 0 aliphatic heterocycles. The molecule has 1 aromatic heterocycles. The second kappa shape index (κ2) is 6.70. The fourth-order valence-corrected chi connectivity index (χ4v) is 2.41. The molecule has 0 saturated heterocycles. The van der Waals surface area contributed by atoms with Gasteiger partial charge in [0.1, 0.15) is 16.3 Å². The smallest absolute Gasteiger partial charge is 0.270 e. The van der Waals surface area contributed by atoms with E-state index in [0.717, 1.165) is 0 Å². The maximum absolute atomic E-state index is 10.9. The van der Waals surface area contributed by atoms with Crippen molar-refractivity contribution in [2.24, 2.45) is 10.7 Å². The molecule has 25 heavy (non-hydrogen) atoms. The van der Waals surface area contributed by atoms with E-state index in [0.29, 0.717) is 28.0 Å². The molecular weight excluding hydrogens is 342 g/mol. The van der Waals surface area contributed by atoms with Crippen LogP contribution in [0.4, 0.5) is 11.4 Å². The highest BCUT2D eigenvalue weighted by Crippen LogP contribution is 2.21. The van der Waals surface area contributed by atoms with Gasteiger partial charge in [0.05, 0.1) is 23.3 Å². The zero-order valence-corrected chi connectivity index (χ0v) is 13.9. The first-order valence-corrected chi connectivity index (χ1v) is 7.59. The van der Waals surface area contributed by atoms with Crippen LogP contribution >= 0.6 is 12.2 Å². The van der Waals surface area contributed by atoms with Crippen LogP contribution < -0.4 is 16.0 Å². The minimum atomic E-state index is -0.477. The molecule has 0 spiro atoms. The van der Waals surface area contributed by atoms with E-state index < -0.39 is 4.92 Å². The molecule has 0 fully saturated rings. The minimum absolute atomic E-state index is 0.0450. The number of thiocarbonyl (C=S) groups is 1. The predicted octanol–water partition coefficient (Wildman–Crippen LogP) is 3.22. The first-order valence-electron chi connectivity index (χ1n) is 7.19. The summed E-state index contributed by atoms with van der Waals surface area (Å²) >= 11 is 5.06. The van der Waals surface area contributed by atoms with E-state index in [1.54, 1.807) is 37.4 Å². The number of ether oxygens (including phenoxy) is 1. The summed E-state index contributed by atoms with van der Waals surface area (Å²) < 4.78 is 10.9. The fraction of sp³-hybridized carbons (Fsp3) is 0.0588. The van der Waals surface area contributed by atoms with Gasteiger partial charge in [0.15, 0.2) is 0 Å². The Morgan fingerprint density at radius 3 is 2.56 bits per heavy atom. The average Bonchev–Trinajstić information content (AvgIpc) is 2.61. The van der Waals surface area contributed by atoms with Crippen LogP contribution in [0.1, 0.15) is 5.56 Å². The number of fused-ring (bicyclic) bond motifs is 1. The molecule has 0 aliphatic carbocycles. The van der Waals surface area contributed by atoms with Crippen LogP contribution in [0.5, 0.6) is 5.75 Å². The first kappa shape index (κ1) is 16.6. The predicted molar refractivity (Wildman–Crippen MR) is 97.0 cm³/mol. The van der Waals surface area contributed by atoms with E-state index >= 15 is 0 Å². The number of non-ortho nitro benzene ring substituents is 1. The molecule has 1 heterocycles. The Morgan fingerprint density at radius 2 is 1.96 bits per heavy atom. The lowest BCUT2D eigenvalue weighted by Gasteiger charge is -2.04. The third-order valence-electron chi connectivity index (χ3n) is 3.51. The van der Waals surface area contributed by atoms with Gasteiger partial charge in [0, 0.05) is 17.5 Å². The van der Waals surface area contributed by atoms with Crippen molar-refractivity contribution in [3.63, 3.8) is 0 Å². The molecule has 2 N–H and O–H groups in total. The SMILES string of the molecule is COc1ccc(N=c2oc3ccc([N+](=O)[O-])cc3cc2C(N)=S)cc1. The van der Waals surface area contributed by atoms with Gasteiger partial charge in [-0.3, -0.25) is 10.1 Å². The zero-order valence-electron chi connectivity index (χ0n) is 13.1. The van der Waals surface area contributed by atoms with Crippen molar-refractivity contribution in [1.82, 2.24) is 0 Å². The van der Waals surface area contributed by atoms with Crippen LogP contribution in [0, 0.1) is 10.1 Å². The highest BCUT2D eigenvalue weighted by molar-refractivity contribution is 7.80. The highest BCUT2D eigenvalue weighted by Gasteiger charge is 2.11. The van der Waals surface area contributed by atoms with Crippen molar-refractivity contribution in [2.45, 2.75) is 0 Å². The van der Waals surface area contributed by atoms with E-state index in [4.69, 9.17) is 27.1 Å². The summed E-state index contributed by atoms with van der Waals surface area (Å²) in [7, 11) is 1.58. The fourth-order valence-electron chi connectivity index (χ4n) is 2.27. The molecule has 126 valence electrons. The third kappa shape index (κ3) is 3.48. The van der Waals surface area contributed by atoms with Crippen molar-refractivity contribution >= 4 is 39.6 Å². The molecule has 0 aliphatic rings. The number of methoxy groups -OCH3 is 1. The van der Waals surface area contributed by atoms with Crippen LogP contribution in [0.25, 0.3) is 11.0 Å². The standard InChI is InChI=1S/C17H13N3O4S/c1-23-13-5-2-11(3-6-13)19-17-14(16(18)25)9-10-8-12(20(21)22)4-7-15(10)24-17/h2-9H,1H3,(H2,18,25). The second-order valence-corrected chi connectivity index (χ2v) is 5.56. The summed E-state index contributed by atoms with van der Waals surface area (Å²) in [6.45, 7) is 0. The van der Waals surface area contributed by atoms with Gasteiger partial charge in [-0.05, 0) is 36.4 Å². The normalized spacial score (nSPS) is 11.5. The number of hydrogen-bond acceptors (Lipinski definition) is 6. The van der Waals surface area contributed by atoms with Crippen LogP contribution in [0.15, 0.2) is 57.9 Å². The van der Waals surface area contributed by atoms with E-state index in [2.05, 4.69) is 4.99 Å². The Balaban J connectivity index is 2.20. The first-order chi connectivity index (χ1) is 12.0. The minimum Gasteiger partial charge on any atom is -0.497 e. The Morgan fingerprint density at radius 1 is 1.24 bits per heavy atom. The molecule has 3 rings (SSSR count). The number of hydrogen-bond donors (Lipinski definition) is 1. The molecule has 0 saturated carbocycles. The summed E-state index contributed by atoms with van der Waals surface area (Å²) in [5, 5.41) is 11.4. The summed E-state index contributed by atoms with van der Waals surface area (Å²) in [5.74, 6) is 0.705. The number of benzene rings is 2. The lowest BCUT2D eigenvalue weighted by molar-refractivity contribution is -0.384. The maximum atomic E-state index is 10.9. The van der Waals surface area contributed by atoms with Gasteiger partial charge < -0.3 is 14.9 Å². The summed E-state index contributed by atoms with van der Waals surface area (Å²) in [4.78, 5) is 15.0. The Hall–Kier alpha value is -3.26. The van der Waals surface area contributed by atoms with E-state index in [9.17, 15) is 10.1 Å².